The minimum atomic E-state index is -0.860. The smallest absolute Gasteiger partial charge is 0.232 e. The number of nitrogens with zero attached hydrogens (tertiary/aromatic N) is 3. The normalized spacial score (nSPS) is 10.7. The number of aromatic nitrogens is 3. The molecule has 5 nitrogen and oxygen atoms in total. The topological polar surface area (TPSA) is 76.7 Å². The van der Waals surface area contributed by atoms with Gasteiger partial charge in [0.15, 0.2) is 10.7 Å². The lowest BCUT2D eigenvalue weighted by Crippen LogP contribution is -2.06. The molecule has 0 atom stereocenters. The van der Waals surface area contributed by atoms with Gasteiger partial charge in [0.2, 0.25) is 11.9 Å². The molecule has 0 aliphatic rings. The molecule has 0 unspecified atom stereocenters. The molecular weight excluding hydrogens is 297 g/mol. The Labute approximate surface area is 118 Å². The van der Waals surface area contributed by atoms with Crippen LogP contribution in [-0.4, -0.2) is 15.0 Å². The first kappa shape index (κ1) is 13.1. The average Bonchev–Trinajstić information content (AvgIpc) is 2.31. The summed E-state index contributed by atoms with van der Waals surface area (Å²) in [7, 11) is 0. The van der Waals surface area contributed by atoms with Crippen molar-refractivity contribution in [2.45, 2.75) is 4.84 Å². The molecule has 2 rings (SSSR count). The van der Waals surface area contributed by atoms with Crippen LogP contribution in [0.3, 0.4) is 0 Å². The molecule has 1 heterocycles. The molecule has 0 fully saturated rings. The molecule has 0 spiro atoms. The van der Waals surface area contributed by atoms with Gasteiger partial charge in [0.1, 0.15) is 0 Å². The maximum Gasteiger partial charge on any atom is 0.232 e. The molecule has 0 amide bonds. The zero-order valence-electron chi connectivity index (χ0n) is 8.94. The van der Waals surface area contributed by atoms with Crippen LogP contribution in [0.2, 0.25) is 5.02 Å². The van der Waals surface area contributed by atoms with Crippen molar-refractivity contribution in [2.75, 3.05) is 11.1 Å². The van der Waals surface area contributed by atoms with Crippen LogP contribution in [0.4, 0.5) is 17.6 Å². The minimum absolute atomic E-state index is 0.0442. The van der Waals surface area contributed by atoms with Gasteiger partial charge in [0.05, 0.1) is 0 Å². The van der Waals surface area contributed by atoms with E-state index in [0.29, 0.717) is 5.02 Å². The lowest BCUT2D eigenvalue weighted by Gasteiger charge is -2.07. The van der Waals surface area contributed by atoms with Crippen molar-refractivity contribution in [1.82, 2.24) is 15.0 Å². The van der Waals surface area contributed by atoms with Gasteiger partial charge in [-0.1, -0.05) is 34.8 Å². The van der Waals surface area contributed by atoms with Gasteiger partial charge in [0, 0.05) is 10.7 Å². The highest BCUT2D eigenvalue weighted by Crippen LogP contribution is 2.23. The number of hydrogen-bond donors (Lipinski definition) is 2. The number of anilines is 3. The van der Waals surface area contributed by atoms with Crippen molar-refractivity contribution >= 4 is 52.4 Å². The number of alkyl halides is 2. The van der Waals surface area contributed by atoms with E-state index in [1.165, 1.54) is 0 Å². The number of hydrogen-bond acceptors (Lipinski definition) is 5. The predicted molar refractivity (Wildman–Crippen MR) is 73.4 cm³/mol. The van der Waals surface area contributed by atoms with Crippen LogP contribution < -0.4 is 11.1 Å². The summed E-state index contributed by atoms with van der Waals surface area (Å²) < 4.78 is 0. The SMILES string of the molecule is Nc1nc(Nc2ccc(Cl)cc2)nc(C(Cl)Cl)n1. The highest BCUT2D eigenvalue weighted by molar-refractivity contribution is 6.43. The molecule has 0 aliphatic carbocycles. The Morgan fingerprint density at radius 1 is 1.06 bits per heavy atom. The summed E-state index contributed by atoms with van der Waals surface area (Å²) >= 11 is 17.1. The van der Waals surface area contributed by atoms with E-state index >= 15 is 0 Å². The molecule has 2 aromatic rings. The summed E-state index contributed by atoms with van der Waals surface area (Å²) in [6.45, 7) is 0. The Morgan fingerprint density at radius 2 is 1.72 bits per heavy atom. The van der Waals surface area contributed by atoms with Gasteiger partial charge in [-0.25, -0.2) is 0 Å². The van der Waals surface area contributed by atoms with Crippen LogP contribution in [0.15, 0.2) is 24.3 Å². The average molecular weight is 305 g/mol. The first-order valence-corrected chi connectivity index (χ1v) is 6.12. The standard InChI is InChI=1S/C10H8Cl3N5/c11-5-1-3-6(4-2-5)15-10-17-8(7(12)13)16-9(14)18-10/h1-4,7H,(H3,14,15,16,17,18). The van der Waals surface area contributed by atoms with Crippen molar-refractivity contribution in [2.24, 2.45) is 0 Å². The van der Waals surface area contributed by atoms with Crippen molar-refractivity contribution in [3.63, 3.8) is 0 Å². The summed E-state index contributed by atoms with van der Waals surface area (Å²) in [6.07, 6.45) is 0. The van der Waals surface area contributed by atoms with Crippen LogP contribution in [0.5, 0.6) is 0 Å². The molecule has 0 radical (unpaired) electrons. The highest BCUT2D eigenvalue weighted by atomic mass is 35.5. The summed E-state index contributed by atoms with van der Waals surface area (Å²) in [5, 5.41) is 3.59. The third-order valence-electron chi connectivity index (χ3n) is 1.97. The van der Waals surface area contributed by atoms with Gasteiger partial charge < -0.3 is 11.1 Å². The van der Waals surface area contributed by atoms with Gasteiger partial charge in [-0.3, -0.25) is 0 Å². The molecule has 1 aromatic heterocycles. The van der Waals surface area contributed by atoms with E-state index in [1.54, 1.807) is 24.3 Å². The third kappa shape index (κ3) is 3.35. The van der Waals surface area contributed by atoms with Gasteiger partial charge in [0.25, 0.3) is 0 Å². The number of nitrogen functional groups attached to an aromatic ring is 1. The fourth-order valence-corrected chi connectivity index (χ4v) is 1.55. The van der Waals surface area contributed by atoms with Crippen LogP contribution in [0.25, 0.3) is 0 Å². The first-order valence-electron chi connectivity index (χ1n) is 4.87. The van der Waals surface area contributed by atoms with E-state index in [0.717, 1.165) is 5.69 Å². The summed E-state index contributed by atoms with van der Waals surface area (Å²) in [5.74, 6) is 0.510. The van der Waals surface area contributed by atoms with E-state index in [1.807, 2.05) is 0 Å². The summed E-state index contributed by atoms with van der Waals surface area (Å²) in [5.41, 5.74) is 6.30. The Morgan fingerprint density at radius 3 is 2.33 bits per heavy atom. The number of halogens is 3. The zero-order valence-corrected chi connectivity index (χ0v) is 11.2. The molecule has 0 aliphatic heterocycles. The summed E-state index contributed by atoms with van der Waals surface area (Å²) in [6, 6.07) is 7.03. The fourth-order valence-electron chi connectivity index (χ4n) is 1.23. The molecule has 3 N–H and O–H groups in total. The number of nitrogens with one attached hydrogen (secondary N) is 1. The minimum Gasteiger partial charge on any atom is -0.368 e. The molecule has 0 bridgehead atoms. The van der Waals surface area contributed by atoms with E-state index in [4.69, 9.17) is 40.5 Å². The van der Waals surface area contributed by atoms with Gasteiger partial charge >= 0.3 is 0 Å². The van der Waals surface area contributed by atoms with Crippen LogP contribution in [0, 0.1) is 0 Å². The Kier molecular flexibility index (Phi) is 4.06. The van der Waals surface area contributed by atoms with Gasteiger partial charge in [-0.2, -0.15) is 15.0 Å². The molecular formula is C10H8Cl3N5. The highest BCUT2D eigenvalue weighted by Gasteiger charge is 2.11. The third-order valence-corrected chi connectivity index (χ3v) is 2.61. The van der Waals surface area contributed by atoms with Gasteiger partial charge in [-0.15, -0.1) is 0 Å². The predicted octanol–water partition coefficient (Wildman–Crippen LogP) is 3.33. The molecule has 0 saturated carbocycles. The van der Waals surface area contributed by atoms with E-state index in [-0.39, 0.29) is 17.7 Å². The second-order valence-electron chi connectivity index (χ2n) is 3.31. The van der Waals surface area contributed by atoms with Crippen molar-refractivity contribution < 1.29 is 0 Å². The van der Waals surface area contributed by atoms with Crippen LogP contribution in [0.1, 0.15) is 10.7 Å². The Bertz CT molecular complexity index is 544. The molecule has 8 heteroatoms. The molecule has 1 aromatic carbocycles. The van der Waals surface area contributed by atoms with E-state index in [2.05, 4.69) is 20.3 Å². The van der Waals surface area contributed by atoms with Crippen molar-refractivity contribution in [1.29, 1.82) is 0 Å². The van der Waals surface area contributed by atoms with E-state index in [9.17, 15) is 0 Å². The molecule has 94 valence electrons. The lowest BCUT2D eigenvalue weighted by molar-refractivity contribution is 0.966. The van der Waals surface area contributed by atoms with Crippen molar-refractivity contribution in [3.05, 3.63) is 35.1 Å². The monoisotopic (exact) mass is 303 g/mol. The van der Waals surface area contributed by atoms with Gasteiger partial charge in [-0.05, 0) is 24.3 Å². The largest absolute Gasteiger partial charge is 0.368 e. The van der Waals surface area contributed by atoms with Crippen molar-refractivity contribution in [3.8, 4) is 0 Å². The fraction of sp³-hybridized carbons (Fsp3) is 0.100. The Balaban J connectivity index is 2.26. The Hall–Kier alpha value is -1.30. The van der Waals surface area contributed by atoms with Crippen LogP contribution >= 0.6 is 34.8 Å². The lowest BCUT2D eigenvalue weighted by atomic mass is 10.3. The number of rotatable bonds is 3. The maximum absolute atomic E-state index is 5.78. The quantitative estimate of drug-likeness (QED) is 0.851. The number of nitrogens with two attached hydrogens (primary N) is 1. The van der Waals surface area contributed by atoms with E-state index < -0.39 is 4.84 Å². The summed E-state index contributed by atoms with van der Waals surface area (Å²) in [4.78, 5) is 10.9. The second kappa shape index (κ2) is 5.56. The maximum atomic E-state index is 5.78. The van der Waals surface area contributed by atoms with Crippen LogP contribution in [-0.2, 0) is 0 Å². The number of benzene rings is 1. The first-order chi connectivity index (χ1) is 8.54. The zero-order chi connectivity index (χ0) is 13.1. The molecule has 18 heavy (non-hydrogen) atoms. The molecule has 0 saturated heterocycles. The second-order valence-corrected chi connectivity index (χ2v) is 4.84.